The Bertz CT molecular complexity index is 1020. The zero-order valence-electron chi connectivity index (χ0n) is 16.3. The van der Waals surface area contributed by atoms with Crippen molar-refractivity contribution in [2.45, 2.75) is 30.6 Å². The second-order valence-electron chi connectivity index (χ2n) is 6.44. The molecule has 0 bridgehead atoms. The summed E-state index contributed by atoms with van der Waals surface area (Å²) in [4.78, 5) is 12.2. The summed E-state index contributed by atoms with van der Waals surface area (Å²) in [6.07, 6.45) is -4.33. The SMILES string of the molecule is N#CCCNS(=O)(=O)c1ccc(C(=O)NCc2ccc(COCC(F)(F)F)cc2)cc1. The molecule has 2 aromatic carbocycles. The number of rotatable bonds is 10. The predicted octanol–water partition coefficient (Wildman–Crippen LogP) is 2.89. The lowest BCUT2D eigenvalue weighted by Crippen LogP contribution is -2.25. The number of halogens is 3. The van der Waals surface area contributed by atoms with Crippen LogP contribution in [0.25, 0.3) is 0 Å². The average Bonchev–Trinajstić information content (AvgIpc) is 2.72. The fourth-order valence-electron chi connectivity index (χ4n) is 2.43. The van der Waals surface area contributed by atoms with Crippen LogP contribution in [-0.2, 0) is 27.9 Å². The fourth-order valence-corrected chi connectivity index (χ4v) is 3.46. The summed E-state index contributed by atoms with van der Waals surface area (Å²) in [5.74, 6) is -0.418. The van der Waals surface area contributed by atoms with Crippen molar-refractivity contribution in [3.63, 3.8) is 0 Å². The van der Waals surface area contributed by atoms with Crippen molar-refractivity contribution < 1.29 is 31.1 Å². The summed E-state index contributed by atoms with van der Waals surface area (Å²) < 4.78 is 67.2. The van der Waals surface area contributed by atoms with Crippen LogP contribution < -0.4 is 10.0 Å². The molecule has 2 aromatic rings. The molecule has 0 aliphatic carbocycles. The summed E-state index contributed by atoms with van der Waals surface area (Å²) >= 11 is 0. The lowest BCUT2D eigenvalue weighted by molar-refractivity contribution is -0.176. The lowest BCUT2D eigenvalue weighted by atomic mass is 10.1. The van der Waals surface area contributed by atoms with Gasteiger partial charge in [-0.05, 0) is 35.4 Å². The number of alkyl halides is 3. The van der Waals surface area contributed by atoms with Gasteiger partial charge in [0, 0.05) is 25.1 Å². The monoisotopic (exact) mass is 455 g/mol. The highest BCUT2D eigenvalue weighted by molar-refractivity contribution is 7.89. The number of sulfonamides is 1. The number of carbonyl (C=O) groups is 1. The first-order chi connectivity index (χ1) is 14.6. The molecule has 0 aliphatic rings. The third-order valence-electron chi connectivity index (χ3n) is 3.97. The van der Waals surface area contributed by atoms with Crippen LogP contribution in [0.4, 0.5) is 13.2 Å². The van der Waals surface area contributed by atoms with Gasteiger partial charge in [0.05, 0.1) is 17.6 Å². The number of nitriles is 1. The van der Waals surface area contributed by atoms with Gasteiger partial charge < -0.3 is 10.1 Å². The number of carbonyl (C=O) groups excluding carboxylic acids is 1. The number of ether oxygens (including phenoxy) is 1. The third-order valence-corrected chi connectivity index (χ3v) is 5.44. The summed E-state index contributed by atoms with van der Waals surface area (Å²) in [6.45, 7) is -1.32. The largest absolute Gasteiger partial charge is 0.411 e. The van der Waals surface area contributed by atoms with E-state index in [2.05, 4.69) is 14.8 Å². The fraction of sp³-hybridized carbons (Fsp3) is 0.300. The van der Waals surface area contributed by atoms with Gasteiger partial charge >= 0.3 is 6.18 Å². The predicted molar refractivity (Wildman–Crippen MR) is 105 cm³/mol. The quantitative estimate of drug-likeness (QED) is 0.536. The van der Waals surface area contributed by atoms with E-state index in [0.29, 0.717) is 5.56 Å². The van der Waals surface area contributed by atoms with Gasteiger partial charge in [0.25, 0.3) is 5.91 Å². The van der Waals surface area contributed by atoms with E-state index in [4.69, 9.17) is 5.26 Å². The molecule has 0 heterocycles. The number of benzene rings is 2. The van der Waals surface area contributed by atoms with Crippen molar-refractivity contribution in [2.24, 2.45) is 0 Å². The molecule has 0 unspecified atom stereocenters. The second-order valence-corrected chi connectivity index (χ2v) is 8.20. The summed E-state index contributed by atoms with van der Waals surface area (Å²) in [6, 6.07) is 13.7. The van der Waals surface area contributed by atoms with Crippen LogP contribution in [0.5, 0.6) is 0 Å². The molecule has 0 saturated carbocycles. The molecular formula is C20H20F3N3O4S. The minimum absolute atomic E-state index is 0.00564. The van der Waals surface area contributed by atoms with Gasteiger partial charge in [-0.2, -0.15) is 18.4 Å². The number of hydrogen-bond acceptors (Lipinski definition) is 5. The van der Waals surface area contributed by atoms with Gasteiger partial charge in [0.2, 0.25) is 10.0 Å². The average molecular weight is 455 g/mol. The molecule has 0 spiro atoms. The maximum atomic E-state index is 12.3. The van der Waals surface area contributed by atoms with Gasteiger partial charge in [0.15, 0.2) is 0 Å². The Labute approximate surface area is 177 Å². The molecule has 166 valence electrons. The number of amides is 1. The first kappa shape index (κ1) is 24.3. The molecule has 2 rings (SSSR count). The minimum atomic E-state index is -4.37. The van der Waals surface area contributed by atoms with Crippen molar-refractivity contribution in [2.75, 3.05) is 13.2 Å². The Hall–Kier alpha value is -2.94. The molecule has 31 heavy (non-hydrogen) atoms. The maximum Gasteiger partial charge on any atom is 0.411 e. The van der Waals surface area contributed by atoms with Crippen LogP contribution in [0.2, 0.25) is 0 Å². The summed E-state index contributed by atoms with van der Waals surface area (Å²) in [7, 11) is -3.75. The number of nitrogens with one attached hydrogen (secondary N) is 2. The smallest absolute Gasteiger partial charge is 0.367 e. The summed E-state index contributed by atoms with van der Waals surface area (Å²) in [5.41, 5.74) is 1.56. The van der Waals surface area contributed by atoms with Crippen molar-refractivity contribution in [3.8, 4) is 6.07 Å². The van der Waals surface area contributed by atoms with E-state index >= 15 is 0 Å². The zero-order chi connectivity index (χ0) is 22.9. The van der Waals surface area contributed by atoms with Crippen molar-refractivity contribution in [1.82, 2.24) is 10.0 Å². The molecular weight excluding hydrogens is 435 g/mol. The first-order valence-electron chi connectivity index (χ1n) is 9.08. The van der Waals surface area contributed by atoms with E-state index in [1.165, 1.54) is 24.3 Å². The maximum absolute atomic E-state index is 12.3. The van der Waals surface area contributed by atoms with Crippen LogP contribution in [-0.4, -0.2) is 33.7 Å². The van der Waals surface area contributed by atoms with E-state index in [0.717, 1.165) is 5.56 Å². The van der Waals surface area contributed by atoms with Crippen LogP contribution >= 0.6 is 0 Å². The van der Waals surface area contributed by atoms with Gasteiger partial charge in [0.1, 0.15) is 6.61 Å². The zero-order valence-corrected chi connectivity index (χ0v) is 17.1. The van der Waals surface area contributed by atoms with Crippen molar-refractivity contribution >= 4 is 15.9 Å². The van der Waals surface area contributed by atoms with Gasteiger partial charge in [-0.25, -0.2) is 13.1 Å². The molecule has 2 N–H and O–H groups in total. The molecule has 0 aromatic heterocycles. The van der Waals surface area contributed by atoms with Gasteiger partial charge in [-0.3, -0.25) is 4.79 Å². The topological polar surface area (TPSA) is 108 Å². The first-order valence-corrected chi connectivity index (χ1v) is 10.6. The third kappa shape index (κ3) is 8.37. The lowest BCUT2D eigenvalue weighted by Gasteiger charge is -2.09. The molecule has 1 amide bonds. The Kier molecular flexibility index (Phi) is 8.56. The standard InChI is InChI=1S/C20H20F3N3O4S/c21-20(22,23)14-30-13-16-4-2-15(3-5-16)12-25-19(27)17-6-8-18(9-7-17)31(28,29)26-11-1-10-24/h2-9,26H,1,11-14H2,(H,25,27). The molecule has 0 aliphatic heterocycles. The summed E-state index contributed by atoms with van der Waals surface area (Å²) in [5, 5.41) is 11.1. The van der Waals surface area contributed by atoms with Crippen LogP contribution in [0, 0.1) is 11.3 Å². The Morgan fingerprint density at radius 1 is 1.03 bits per heavy atom. The molecule has 0 fully saturated rings. The van der Waals surface area contributed by atoms with Crippen LogP contribution in [0.1, 0.15) is 27.9 Å². The van der Waals surface area contributed by atoms with E-state index in [9.17, 15) is 26.4 Å². The Morgan fingerprint density at radius 3 is 2.23 bits per heavy atom. The van der Waals surface area contributed by atoms with E-state index < -0.39 is 28.7 Å². The highest BCUT2D eigenvalue weighted by Gasteiger charge is 2.27. The van der Waals surface area contributed by atoms with Crippen LogP contribution in [0.3, 0.4) is 0 Å². The number of hydrogen-bond donors (Lipinski definition) is 2. The van der Waals surface area contributed by atoms with Gasteiger partial charge in [-0.15, -0.1) is 0 Å². The second kappa shape index (κ2) is 10.9. The molecule has 0 atom stereocenters. The minimum Gasteiger partial charge on any atom is -0.367 e. The Balaban J connectivity index is 1.86. The highest BCUT2D eigenvalue weighted by Crippen LogP contribution is 2.16. The highest BCUT2D eigenvalue weighted by atomic mass is 32.2. The molecule has 7 nitrogen and oxygen atoms in total. The van der Waals surface area contributed by atoms with Crippen LogP contribution in [0.15, 0.2) is 53.4 Å². The van der Waals surface area contributed by atoms with E-state index in [-0.39, 0.29) is 36.6 Å². The Morgan fingerprint density at radius 2 is 1.65 bits per heavy atom. The number of nitrogens with zero attached hydrogens (tertiary/aromatic N) is 1. The normalized spacial score (nSPS) is 11.7. The molecule has 0 radical (unpaired) electrons. The molecule has 11 heteroatoms. The molecule has 0 saturated heterocycles. The van der Waals surface area contributed by atoms with Gasteiger partial charge in [-0.1, -0.05) is 24.3 Å². The van der Waals surface area contributed by atoms with Crippen molar-refractivity contribution in [1.29, 1.82) is 5.26 Å². The van der Waals surface area contributed by atoms with Crippen molar-refractivity contribution in [3.05, 3.63) is 65.2 Å². The van der Waals surface area contributed by atoms with E-state index in [1.54, 1.807) is 24.3 Å². The van der Waals surface area contributed by atoms with E-state index in [1.807, 2.05) is 6.07 Å².